The fourth-order valence-corrected chi connectivity index (χ4v) is 3.48. The van der Waals surface area contributed by atoms with E-state index in [1.54, 1.807) is 11.6 Å². The number of aromatic nitrogens is 4. The molecule has 0 aliphatic heterocycles. The highest BCUT2D eigenvalue weighted by molar-refractivity contribution is 9.10. The van der Waals surface area contributed by atoms with Crippen molar-refractivity contribution < 1.29 is 0 Å². The SMILES string of the molecule is Cc1ccc(Cl)cc1NC[C@@H](C)Cn1c(Br)nc2c1c(=O)[nH]c(=O)n2C. The van der Waals surface area contributed by atoms with Crippen LogP contribution in [0.2, 0.25) is 5.02 Å². The Morgan fingerprint density at radius 2 is 2.12 bits per heavy atom. The zero-order chi connectivity index (χ0) is 19.0. The lowest BCUT2D eigenvalue weighted by Gasteiger charge is -2.16. The summed E-state index contributed by atoms with van der Waals surface area (Å²) in [4.78, 5) is 30.6. The Hall–Kier alpha value is -2.06. The molecule has 9 heteroatoms. The summed E-state index contributed by atoms with van der Waals surface area (Å²) < 4.78 is 3.63. The molecule has 7 nitrogen and oxygen atoms in total. The second kappa shape index (κ2) is 7.28. The molecule has 3 rings (SSSR count). The van der Waals surface area contributed by atoms with Crippen LogP contribution in [0.5, 0.6) is 0 Å². The van der Waals surface area contributed by atoms with Gasteiger partial charge in [-0.2, -0.15) is 0 Å². The first-order valence-electron chi connectivity index (χ1n) is 8.13. The molecule has 0 amide bonds. The molecule has 0 aliphatic carbocycles. The van der Waals surface area contributed by atoms with Gasteiger partial charge in [0.2, 0.25) is 0 Å². The number of fused-ring (bicyclic) bond motifs is 1. The highest BCUT2D eigenvalue weighted by Crippen LogP contribution is 2.22. The minimum absolute atomic E-state index is 0.193. The summed E-state index contributed by atoms with van der Waals surface area (Å²) in [6.07, 6.45) is 0. The number of nitrogens with zero attached hydrogens (tertiary/aromatic N) is 3. The van der Waals surface area contributed by atoms with Gasteiger partial charge in [-0.3, -0.25) is 14.3 Å². The Labute approximate surface area is 163 Å². The van der Waals surface area contributed by atoms with Gasteiger partial charge in [0, 0.05) is 30.8 Å². The zero-order valence-electron chi connectivity index (χ0n) is 14.6. The normalized spacial score (nSPS) is 12.5. The van der Waals surface area contributed by atoms with Gasteiger partial charge in [-0.15, -0.1) is 0 Å². The lowest BCUT2D eigenvalue weighted by molar-refractivity contribution is 0.505. The van der Waals surface area contributed by atoms with Gasteiger partial charge in [0.25, 0.3) is 5.56 Å². The van der Waals surface area contributed by atoms with Crippen LogP contribution in [-0.2, 0) is 13.6 Å². The van der Waals surface area contributed by atoms with E-state index in [4.69, 9.17) is 11.6 Å². The highest BCUT2D eigenvalue weighted by atomic mass is 79.9. The average Bonchev–Trinajstić information content (AvgIpc) is 2.91. The molecule has 0 radical (unpaired) electrons. The van der Waals surface area contributed by atoms with E-state index in [0.717, 1.165) is 11.3 Å². The number of hydrogen-bond acceptors (Lipinski definition) is 4. The summed E-state index contributed by atoms with van der Waals surface area (Å²) in [5.41, 5.74) is 1.92. The molecule has 0 saturated heterocycles. The second-order valence-corrected chi connectivity index (χ2v) is 7.57. The lowest BCUT2D eigenvalue weighted by Crippen LogP contribution is -2.29. The molecule has 1 aromatic carbocycles. The molecule has 0 bridgehead atoms. The third kappa shape index (κ3) is 3.57. The number of aromatic amines is 1. The van der Waals surface area contributed by atoms with Crippen LogP contribution in [0.4, 0.5) is 5.69 Å². The maximum Gasteiger partial charge on any atom is 0.329 e. The first kappa shape index (κ1) is 18.7. The summed E-state index contributed by atoms with van der Waals surface area (Å²) in [6.45, 7) is 5.34. The Kier molecular flexibility index (Phi) is 5.24. The summed E-state index contributed by atoms with van der Waals surface area (Å²) in [5, 5.41) is 4.08. The number of halogens is 2. The van der Waals surface area contributed by atoms with E-state index in [1.165, 1.54) is 4.57 Å². The molecule has 2 aromatic heterocycles. The molecule has 3 aromatic rings. The highest BCUT2D eigenvalue weighted by Gasteiger charge is 2.17. The Balaban J connectivity index is 1.84. The Morgan fingerprint density at radius 1 is 1.38 bits per heavy atom. The molecule has 0 fully saturated rings. The van der Waals surface area contributed by atoms with Gasteiger partial charge in [-0.1, -0.05) is 24.6 Å². The van der Waals surface area contributed by atoms with Crippen molar-refractivity contribution in [3.63, 3.8) is 0 Å². The molecule has 0 saturated carbocycles. The fourth-order valence-electron chi connectivity index (χ4n) is 2.82. The molecule has 0 aliphatic rings. The van der Waals surface area contributed by atoms with Gasteiger partial charge in [0.15, 0.2) is 15.9 Å². The van der Waals surface area contributed by atoms with Crippen molar-refractivity contribution in [1.82, 2.24) is 19.1 Å². The van der Waals surface area contributed by atoms with E-state index < -0.39 is 11.2 Å². The number of aryl methyl sites for hydroxylation is 2. The Morgan fingerprint density at radius 3 is 2.85 bits per heavy atom. The van der Waals surface area contributed by atoms with E-state index >= 15 is 0 Å². The lowest BCUT2D eigenvalue weighted by atomic mass is 10.1. The van der Waals surface area contributed by atoms with Gasteiger partial charge in [-0.25, -0.2) is 9.78 Å². The van der Waals surface area contributed by atoms with Crippen LogP contribution < -0.4 is 16.6 Å². The monoisotopic (exact) mass is 439 g/mol. The van der Waals surface area contributed by atoms with Crippen molar-refractivity contribution in [2.75, 3.05) is 11.9 Å². The van der Waals surface area contributed by atoms with Gasteiger partial charge >= 0.3 is 5.69 Å². The van der Waals surface area contributed by atoms with Crippen molar-refractivity contribution in [2.45, 2.75) is 20.4 Å². The van der Waals surface area contributed by atoms with Crippen molar-refractivity contribution in [3.8, 4) is 0 Å². The second-order valence-electron chi connectivity index (χ2n) is 6.43. The van der Waals surface area contributed by atoms with Crippen LogP contribution in [0.25, 0.3) is 11.2 Å². The number of rotatable bonds is 5. The first-order valence-corrected chi connectivity index (χ1v) is 9.30. The summed E-state index contributed by atoms with van der Waals surface area (Å²) in [5.74, 6) is 0.193. The number of benzene rings is 1. The summed E-state index contributed by atoms with van der Waals surface area (Å²) >= 11 is 9.45. The van der Waals surface area contributed by atoms with E-state index in [-0.39, 0.29) is 5.92 Å². The quantitative estimate of drug-likeness (QED) is 0.598. The summed E-state index contributed by atoms with van der Waals surface area (Å²) in [7, 11) is 1.58. The van der Waals surface area contributed by atoms with Gasteiger partial charge in [-0.05, 0) is 46.5 Å². The smallest absolute Gasteiger partial charge is 0.329 e. The van der Waals surface area contributed by atoms with E-state index in [9.17, 15) is 9.59 Å². The molecular formula is C17H19BrClN5O2. The van der Waals surface area contributed by atoms with Crippen LogP contribution in [0, 0.1) is 12.8 Å². The zero-order valence-corrected chi connectivity index (χ0v) is 17.0. The average molecular weight is 441 g/mol. The maximum atomic E-state index is 12.2. The van der Waals surface area contributed by atoms with E-state index in [1.807, 2.05) is 25.1 Å². The van der Waals surface area contributed by atoms with Gasteiger partial charge < -0.3 is 9.88 Å². The van der Waals surface area contributed by atoms with Crippen LogP contribution in [0.1, 0.15) is 12.5 Å². The molecule has 2 N–H and O–H groups in total. The van der Waals surface area contributed by atoms with Crippen LogP contribution in [0.15, 0.2) is 32.5 Å². The molecule has 26 heavy (non-hydrogen) atoms. The number of anilines is 1. The number of H-pyrrole nitrogens is 1. The maximum absolute atomic E-state index is 12.2. The molecular weight excluding hydrogens is 422 g/mol. The van der Waals surface area contributed by atoms with Gasteiger partial charge in [0.1, 0.15) is 0 Å². The standard InChI is InChI=1S/C17H19BrClN5O2/c1-9(7-20-12-6-11(19)5-4-10(12)2)8-24-13-14(21-16(24)18)23(3)17(26)22-15(13)25/h4-6,9,20H,7-8H2,1-3H3,(H,22,25,26)/t9-/m1/s1. The van der Waals surface area contributed by atoms with E-state index in [0.29, 0.717) is 34.0 Å². The third-order valence-corrected chi connectivity index (χ3v) is 5.14. The van der Waals surface area contributed by atoms with Crippen LogP contribution >= 0.6 is 27.5 Å². The van der Waals surface area contributed by atoms with Crippen LogP contribution in [-0.4, -0.2) is 25.6 Å². The fraction of sp³-hybridized carbons (Fsp3) is 0.353. The number of hydrogen-bond donors (Lipinski definition) is 2. The van der Waals surface area contributed by atoms with E-state index in [2.05, 4.69) is 38.1 Å². The first-order chi connectivity index (χ1) is 12.3. The van der Waals surface area contributed by atoms with Crippen molar-refractivity contribution >= 4 is 44.4 Å². The molecule has 138 valence electrons. The third-order valence-electron chi connectivity index (χ3n) is 4.30. The predicted octanol–water partition coefficient (Wildman–Crippen LogP) is 2.90. The van der Waals surface area contributed by atoms with Crippen molar-refractivity contribution in [2.24, 2.45) is 13.0 Å². The number of nitrogens with one attached hydrogen (secondary N) is 2. The largest absolute Gasteiger partial charge is 0.384 e. The predicted molar refractivity (Wildman–Crippen MR) is 107 cm³/mol. The molecule has 2 heterocycles. The molecule has 1 atom stereocenters. The van der Waals surface area contributed by atoms with Crippen molar-refractivity contribution in [1.29, 1.82) is 0 Å². The molecule has 0 spiro atoms. The molecule has 0 unspecified atom stereocenters. The Bertz CT molecular complexity index is 1090. The van der Waals surface area contributed by atoms with Crippen molar-refractivity contribution in [3.05, 3.63) is 54.4 Å². The topological polar surface area (TPSA) is 84.7 Å². The minimum Gasteiger partial charge on any atom is -0.384 e. The number of imidazole rings is 1. The summed E-state index contributed by atoms with van der Waals surface area (Å²) in [6, 6.07) is 5.72. The van der Waals surface area contributed by atoms with Crippen LogP contribution in [0.3, 0.4) is 0 Å². The van der Waals surface area contributed by atoms with Gasteiger partial charge in [0.05, 0.1) is 0 Å². The minimum atomic E-state index is -0.481.